The van der Waals surface area contributed by atoms with Gasteiger partial charge in [0.15, 0.2) is 5.82 Å². The van der Waals surface area contributed by atoms with Crippen molar-refractivity contribution in [3.8, 4) is 11.3 Å². The lowest BCUT2D eigenvalue weighted by Gasteiger charge is -2.11. The van der Waals surface area contributed by atoms with Gasteiger partial charge in [0.05, 0.1) is 12.8 Å². The van der Waals surface area contributed by atoms with Gasteiger partial charge in [0, 0.05) is 11.1 Å². The first-order valence-electron chi connectivity index (χ1n) is 8.65. The summed E-state index contributed by atoms with van der Waals surface area (Å²) in [5.41, 5.74) is 8.82. The van der Waals surface area contributed by atoms with Crippen molar-refractivity contribution in [3.63, 3.8) is 0 Å². The maximum atomic E-state index is 12.5. The van der Waals surface area contributed by atoms with Crippen LogP contribution in [0, 0.1) is 0 Å². The fourth-order valence-corrected chi connectivity index (χ4v) is 3.85. The zero-order valence-electron chi connectivity index (χ0n) is 15.3. The van der Waals surface area contributed by atoms with Crippen molar-refractivity contribution >= 4 is 25.0 Å². The molecular weight excluding hydrogens is 379 g/mol. The molecule has 1 amide bonds. The van der Waals surface area contributed by atoms with E-state index in [0.717, 1.165) is 5.56 Å². The van der Waals surface area contributed by atoms with E-state index in [-0.39, 0.29) is 18.7 Å². The van der Waals surface area contributed by atoms with Crippen LogP contribution in [0.1, 0.15) is 22.8 Å². The van der Waals surface area contributed by atoms with Crippen LogP contribution in [-0.4, -0.2) is 27.6 Å². The number of hydrogen-bond donors (Lipinski definition) is 4. The van der Waals surface area contributed by atoms with E-state index in [1.54, 1.807) is 31.2 Å². The van der Waals surface area contributed by atoms with E-state index < -0.39 is 7.60 Å². The lowest BCUT2D eigenvalue weighted by Crippen LogP contribution is -2.13. The molecule has 5 N–H and O–H groups in total. The summed E-state index contributed by atoms with van der Waals surface area (Å²) in [6.45, 7) is 1.81. The van der Waals surface area contributed by atoms with Gasteiger partial charge in [-0.1, -0.05) is 42.5 Å². The molecule has 1 atom stereocenters. The normalized spacial score (nSPS) is 13.1. The molecule has 8 nitrogen and oxygen atoms in total. The molecular formula is C19H21N4O4P. The van der Waals surface area contributed by atoms with Gasteiger partial charge in [0.2, 0.25) is 0 Å². The van der Waals surface area contributed by atoms with E-state index >= 15 is 0 Å². The SMILES string of the molecule is CCOP(=O)(O)Cc1ccc(C(=O)Nc2[nH]nc(-c3ccccc3)c2N)cc1. The van der Waals surface area contributed by atoms with Crippen LogP contribution in [0.3, 0.4) is 0 Å². The highest BCUT2D eigenvalue weighted by Crippen LogP contribution is 2.45. The number of nitrogens with one attached hydrogen (secondary N) is 2. The van der Waals surface area contributed by atoms with Gasteiger partial charge in [-0.05, 0) is 24.6 Å². The molecule has 1 unspecified atom stereocenters. The highest BCUT2D eigenvalue weighted by Gasteiger charge is 2.20. The first-order valence-corrected chi connectivity index (χ1v) is 10.4. The number of nitrogen functional groups attached to an aromatic ring is 1. The van der Waals surface area contributed by atoms with Crippen molar-refractivity contribution in [2.45, 2.75) is 13.1 Å². The van der Waals surface area contributed by atoms with Gasteiger partial charge in [-0.3, -0.25) is 14.5 Å². The molecule has 0 saturated carbocycles. The minimum atomic E-state index is -3.67. The zero-order chi connectivity index (χ0) is 20.1. The summed E-state index contributed by atoms with van der Waals surface area (Å²) in [7, 11) is -3.67. The number of nitrogens with two attached hydrogens (primary N) is 1. The second kappa shape index (κ2) is 8.39. The molecule has 9 heteroatoms. The van der Waals surface area contributed by atoms with Crippen molar-refractivity contribution in [1.29, 1.82) is 0 Å². The van der Waals surface area contributed by atoms with Gasteiger partial charge in [-0.2, -0.15) is 5.10 Å². The summed E-state index contributed by atoms with van der Waals surface area (Å²) in [4.78, 5) is 22.2. The average Bonchev–Trinajstić information content (AvgIpc) is 3.03. The number of aromatic nitrogens is 2. The second-order valence-corrected chi connectivity index (χ2v) is 7.94. The Balaban J connectivity index is 1.70. The minimum absolute atomic E-state index is 0.114. The van der Waals surface area contributed by atoms with Gasteiger partial charge in [0.1, 0.15) is 11.4 Å². The lowest BCUT2D eigenvalue weighted by molar-refractivity contribution is 0.102. The van der Waals surface area contributed by atoms with E-state index in [4.69, 9.17) is 10.3 Å². The van der Waals surface area contributed by atoms with Crippen molar-refractivity contribution in [2.24, 2.45) is 0 Å². The molecule has 0 spiro atoms. The molecule has 28 heavy (non-hydrogen) atoms. The van der Waals surface area contributed by atoms with E-state index in [2.05, 4.69) is 15.5 Å². The van der Waals surface area contributed by atoms with E-state index in [9.17, 15) is 14.3 Å². The molecule has 0 fully saturated rings. The summed E-state index contributed by atoms with van der Waals surface area (Å²) in [6, 6.07) is 15.8. The second-order valence-electron chi connectivity index (χ2n) is 6.09. The fraction of sp³-hybridized carbons (Fsp3) is 0.158. The van der Waals surface area contributed by atoms with Crippen LogP contribution < -0.4 is 11.1 Å². The summed E-state index contributed by atoms with van der Waals surface area (Å²) in [6.07, 6.45) is -0.114. The first-order chi connectivity index (χ1) is 13.4. The maximum Gasteiger partial charge on any atom is 0.332 e. The van der Waals surface area contributed by atoms with Crippen molar-refractivity contribution < 1.29 is 18.8 Å². The minimum Gasteiger partial charge on any atom is -0.394 e. The number of carbonyl (C=O) groups excluding carboxylic acids is 1. The Bertz CT molecular complexity index is 1000. The molecule has 0 radical (unpaired) electrons. The Morgan fingerprint density at radius 1 is 1.21 bits per heavy atom. The van der Waals surface area contributed by atoms with Crippen LogP contribution in [0.5, 0.6) is 0 Å². The van der Waals surface area contributed by atoms with Gasteiger partial charge in [0.25, 0.3) is 5.91 Å². The summed E-state index contributed by atoms with van der Waals surface area (Å²) >= 11 is 0. The quantitative estimate of drug-likeness (QED) is 0.448. The molecule has 0 bridgehead atoms. The van der Waals surface area contributed by atoms with Gasteiger partial charge >= 0.3 is 7.60 Å². The third-order valence-electron chi connectivity index (χ3n) is 4.02. The molecule has 0 aliphatic rings. The molecule has 146 valence electrons. The van der Waals surface area contributed by atoms with Gasteiger partial charge in [-0.25, -0.2) is 0 Å². The third kappa shape index (κ3) is 4.67. The Morgan fingerprint density at radius 2 is 1.89 bits per heavy atom. The van der Waals surface area contributed by atoms with E-state index in [0.29, 0.717) is 28.3 Å². The standard InChI is InChI=1S/C19H21N4O4P/c1-2-27-28(25,26)12-13-8-10-15(11-9-13)19(24)21-18-16(20)17(22-23-18)14-6-4-3-5-7-14/h3-11H,2,12,20H2,1H3,(H,25,26)(H2,21,22,23,24). The third-order valence-corrected chi connectivity index (χ3v) is 5.45. The summed E-state index contributed by atoms with van der Waals surface area (Å²) < 4.78 is 16.7. The number of rotatable bonds is 7. The van der Waals surface area contributed by atoms with Crippen LogP contribution in [0.2, 0.25) is 0 Å². The smallest absolute Gasteiger partial charge is 0.332 e. The Kier molecular flexibility index (Phi) is 5.94. The zero-order valence-corrected chi connectivity index (χ0v) is 16.1. The van der Waals surface area contributed by atoms with Crippen LogP contribution in [0.15, 0.2) is 54.6 Å². The van der Waals surface area contributed by atoms with Crippen LogP contribution in [0.4, 0.5) is 11.5 Å². The fourth-order valence-electron chi connectivity index (χ4n) is 2.69. The van der Waals surface area contributed by atoms with E-state index in [1.807, 2.05) is 30.3 Å². The number of amides is 1. The van der Waals surface area contributed by atoms with Crippen molar-refractivity contribution in [2.75, 3.05) is 17.7 Å². The number of aromatic amines is 1. The topological polar surface area (TPSA) is 130 Å². The molecule has 0 aliphatic heterocycles. The number of benzene rings is 2. The highest BCUT2D eigenvalue weighted by molar-refractivity contribution is 7.51. The van der Waals surface area contributed by atoms with Gasteiger partial charge < -0.3 is 20.5 Å². The average molecular weight is 400 g/mol. The maximum absolute atomic E-state index is 12.5. The van der Waals surface area contributed by atoms with Gasteiger partial charge in [-0.15, -0.1) is 0 Å². The largest absolute Gasteiger partial charge is 0.394 e. The van der Waals surface area contributed by atoms with Crippen LogP contribution in [0.25, 0.3) is 11.3 Å². The van der Waals surface area contributed by atoms with Crippen molar-refractivity contribution in [1.82, 2.24) is 10.2 Å². The number of nitrogens with zero attached hydrogens (tertiary/aromatic N) is 1. The predicted molar refractivity (Wildman–Crippen MR) is 108 cm³/mol. The molecule has 0 saturated heterocycles. The Labute approximate surface area is 162 Å². The Morgan fingerprint density at radius 3 is 2.54 bits per heavy atom. The molecule has 1 aromatic heterocycles. The molecule has 3 rings (SSSR count). The predicted octanol–water partition coefficient (Wildman–Crippen LogP) is 3.63. The Hall–Kier alpha value is -2.93. The lowest BCUT2D eigenvalue weighted by atomic mass is 10.1. The van der Waals surface area contributed by atoms with Crippen LogP contribution >= 0.6 is 7.60 Å². The highest BCUT2D eigenvalue weighted by atomic mass is 31.2. The summed E-state index contributed by atoms with van der Waals surface area (Å²) in [5, 5.41) is 9.60. The monoisotopic (exact) mass is 400 g/mol. The van der Waals surface area contributed by atoms with E-state index in [1.165, 1.54) is 0 Å². The molecule has 0 aliphatic carbocycles. The van der Waals surface area contributed by atoms with Crippen molar-refractivity contribution in [3.05, 3.63) is 65.7 Å². The summed E-state index contributed by atoms with van der Waals surface area (Å²) in [5.74, 6) is -0.0670. The van der Waals surface area contributed by atoms with Crippen LogP contribution in [-0.2, 0) is 15.3 Å². The first kappa shape index (κ1) is 19.8. The molecule has 1 heterocycles. The molecule has 3 aromatic rings. The number of anilines is 2. The molecule has 2 aromatic carbocycles. The number of H-pyrrole nitrogens is 1. The number of hydrogen-bond acceptors (Lipinski definition) is 5. The number of carbonyl (C=O) groups is 1.